The Morgan fingerprint density at radius 3 is 2.62 bits per heavy atom. The second-order valence-electron chi connectivity index (χ2n) is 8.87. The van der Waals surface area contributed by atoms with Crippen molar-refractivity contribution in [3.8, 4) is 6.07 Å². The van der Waals surface area contributed by atoms with E-state index in [-0.39, 0.29) is 19.0 Å². The lowest BCUT2D eigenvalue weighted by atomic mass is 9.55. The number of carbonyl (C=O) groups excluding carboxylic acids is 1. The molecule has 160 valence electrons. The summed E-state index contributed by atoms with van der Waals surface area (Å²) in [6, 6.07) is 2.45. The summed E-state index contributed by atoms with van der Waals surface area (Å²) in [7, 11) is 0. The molecule has 5 nitrogen and oxygen atoms in total. The first-order valence-corrected chi connectivity index (χ1v) is 10.5. The van der Waals surface area contributed by atoms with Crippen molar-refractivity contribution in [2.75, 3.05) is 26.4 Å². The highest BCUT2D eigenvalue weighted by molar-refractivity contribution is 5.86. The van der Waals surface area contributed by atoms with E-state index < -0.39 is 22.3 Å². The first-order valence-electron chi connectivity index (χ1n) is 10.5. The van der Waals surface area contributed by atoms with E-state index in [1.165, 1.54) is 0 Å². The van der Waals surface area contributed by atoms with Crippen molar-refractivity contribution < 1.29 is 19.4 Å². The number of carbonyl (C=O) groups is 1. The highest BCUT2D eigenvalue weighted by Gasteiger charge is 2.59. The molecule has 2 rings (SSSR count). The number of hydrogen-bond acceptors (Lipinski definition) is 5. The van der Waals surface area contributed by atoms with Crippen LogP contribution in [0.1, 0.15) is 53.9 Å². The van der Waals surface area contributed by atoms with Crippen LogP contribution < -0.4 is 0 Å². The van der Waals surface area contributed by atoms with Crippen LogP contribution in [0.2, 0.25) is 0 Å². The van der Waals surface area contributed by atoms with Gasteiger partial charge in [0, 0.05) is 24.4 Å². The quantitative estimate of drug-likeness (QED) is 0.619. The SMILES string of the molecule is C=C1C(C)=CC=C(C(C#N)(OCCOCC)[C@@H]2CCCC(=O)[C@@]2(C)CO)C1(C)C. The molecule has 1 fully saturated rings. The van der Waals surface area contributed by atoms with Crippen LogP contribution >= 0.6 is 0 Å². The summed E-state index contributed by atoms with van der Waals surface area (Å²) >= 11 is 0. The Labute approximate surface area is 175 Å². The minimum absolute atomic E-state index is 0.0101. The van der Waals surface area contributed by atoms with Crippen molar-refractivity contribution in [1.29, 1.82) is 5.26 Å². The standard InChI is InChI=1S/C24H35NO4/c1-7-28-13-14-29-24(15-25,19-12-11-17(2)18(3)22(19,4)5)20-9-8-10-21(27)23(20,6)16-26/h11-12,20,26H,3,7-10,13-14,16H2,1-2,4-6H3/t20-,23+,24?/m1/s1. The Morgan fingerprint density at radius 2 is 2.03 bits per heavy atom. The van der Waals surface area contributed by atoms with E-state index in [0.717, 1.165) is 16.7 Å². The monoisotopic (exact) mass is 401 g/mol. The molecule has 0 spiro atoms. The molecule has 0 aliphatic heterocycles. The smallest absolute Gasteiger partial charge is 0.180 e. The third kappa shape index (κ3) is 3.99. The number of Topliss-reactive ketones (excluding diaryl/α,β-unsaturated/α-hetero) is 1. The normalized spacial score (nSPS) is 28.9. The molecule has 0 radical (unpaired) electrons. The predicted molar refractivity (Wildman–Crippen MR) is 113 cm³/mol. The minimum atomic E-state index is -1.35. The molecular weight excluding hydrogens is 366 g/mol. The van der Waals surface area contributed by atoms with Crippen molar-refractivity contribution in [1.82, 2.24) is 0 Å². The Bertz CT molecular complexity index is 757. The van der Waals surface area contributed by atoms with Gasteiger partial charge in [-0.05, 0) is 50.3 Å². The molecule has 0 amide bonds. The number of nitriles is 1. The lowest BCUT2D eigenvalue weighted by Gasteiger charge is -2.51. The number of aliphatic hydroxyl groups is 1. The number of allylic oxidation sites excluding steroid dienone is 4. The van der Waals surface area contributed by atoms with Crippen LogP contribution in [0.15, 0.2) is 35.5 Å². The maximum absolute atomic E-state index is 12.9. The van der Waals surface area contributed by atoms with Crippen LogP contribution in [0.3, 0.4) is 0 Å². The summed E-state index contributed by atoms with van der Waals surface area (Å²) in [5, 5.41) is 20.8. The molecule has 0 heterocycles. The fourth-order valence-electron chi connectivity index (χ4n) is 4.82. The van der Waals surface area contributed by atoms with Gasteiger partial charge in [-0.15, -0.1) is 0 Å². The number of hydrogen-bond donors (Lipinski definition) is 1. The highest BCUT2D eigenvalue weighted by Crippen LogP contribution is 2.55. The van der Waals surface area contributed by atoms with E-state index in [2.05, 4.69) is 12.6 Å². The van der Waals surface area contributed by atoms with E-state index >= 15 is 0 Å². The maximum atomic E-state index is 12.9. The lowest BCUT2D eigenvalue weighted by Crippen LogP contribution is -2.57. The molecule has 0 aromatic heterocycles. The first-order chi connectivity index (χ1) is 13.6. The average molecular weight is 402 g/mol. The Morgan fingerprint density at radius 1 is 1.34 bits per heavy atom. The van der Waals surface area contributed by atoms with Gasteiger partial charge in [-0.2, -0.15) is 5.26 Å². The zero-order valence-electron chi connectivity index (χ0n) is 18.5. The summed E-state index contributed by atoms with van der Waals surface area (Å²) < 4.78 is 11.8. The number of ketones is 1. The molecule has 3 atom stereocenters. The van der Waals surface area contributed by atoms with Gasteiger partial charge >= 0.3 is 0 Å². The Kier molecular flexibility index (Phi) is 7.27. The van der Waals surface area contributed by atoms with Crippen molar-refractivity contribution >= 4 is 5.78 Å². The summed E-state index contributed by atoms with van der Waals surface area (Å²) in [4.78, 5) is 12.9. The van der Waals surface area contributed by atoms with Gasteiger partial charge < -0.3 is 14.6 Å². The van der Waals surface area contributed by atoms with Gasteiger partial charge in [-0.25, -0.2) is 0 Å². The largest absolute Gasteiger partial charge is 0.395 e. The van der Waals surface area contributed by atoms with Crippen LogP contribution in [0.4, 0.5) is 0 Å². The van der Waals surface area contributed by atoms with Gasteiger partial charge in [0.05, 0.1) is 25.2 Å². The third-order valence-electron chi connectivity index (χ3n) is 6.85. The molecule has 0 bridgehead atoms. The van der Waals surface area contributed by atoms with Crippen molar-refractivity contribution in [2.45, 2.75) is 59.5 Å². The van der Waals surface area contributed by atoms with Crippen LogP contribution in [-0.4, -0.2) is 42.9 Å². The summed E-state index contributed by atoms with van der Waals surface area (Å²) in [5.74, 6) is -0.470. The fraction of sp³-hybridized carbons (Fsp3) is 0.667. The van der Waals surface area contributed by atoms with Crippen molar-refractivity contribution in [2.24, 2.45) is 16.7 Å². The molecule has 1 N–H and O–H groups in total. The Balaban J connectivity index is 2.64. The molecule has 1 saturated carbocycles. The summed E-state index contributed by atoms with van der Waals surface area (Å²) in [6.07, 6.45) is 5.64. The average Bonchev–Trinajstić information content (AvgIpc) is 2.70. The van der Waals surface area contributed by atoms with Gasteiger partial charge in [0.25, 0.3) is 0 Å². The first kappa shape index (κ1) is 23.5. The van der Waals surface area contributed by atoms with Crippen LogP contribution in [0.25, 0.3) is 0 Å². The molecular formula is C24H35NO4. The maximum Gasteiger partial charge on any atom is 0.180 e. The Hall–Kier alpha value is -1.74. The summed E-state index contributed by atoms with van der Waals surface area (Å²) in [6.45, 7) is 14.9. The predicted octanol–water partition coefficient (Wildman–Crippen LogP) is 4.14. The zero-order valence-corrected chi connectivity index (χ0v) is 18.5. The third-order valence-corrected chi connectivity index (χ3v) is 6.85. The molecule has 1 unspecified atom stereocenters. The number of rotatable bonds is 8. The van der Waals surface area contributed by atoms with E-state index in [4.69, 9.17) is 9.47 Å². The van der Waals surface area contributed by atoms with Gasteiger partial charge in [-0.3, -0.25) is 4.79 Å². The fourth-order valence-corrected chi connectivity index (χ4v) is 4.82. The van der Waals surface area contributed by atoms with Crippen LogP contribution in [0, 0.1) is 28.1 Å². The van der Waals surface area contributed by atoms with E-state index in [9.17, 15) is 15.2 Å². The van der Waals surface area contributed by atoms with E-state index in [1.54, 1.807) is 6.92 Å². The lowest BCUT2D eigenvalue weighted by molar-refractivity contribution is -0.151. The molecule has 29 heavy (non-hydrogen) atoms. The van der Waals surface area contributed by atoms with Crippen LogP contribution in [-0.2, 0) is 14.3 Å². The van der Waals surface area contributed by atoms with Crippen molar-refractivity contribution in [3.63, 3.8) is 0 Å². The van der Waals surface area contributed by atoms with Gasteiger partial charge in [0.2, 0.25) is 0 Å². The molecule has 2 aliphatic rings. The number of ether oxygens (including phenoxy) is 2. The van der Waals surface area contributed by atoms with Gasteiger partial charge in [0.15, 0.2) is 5.60 Å². The minimum Gasteiger partial charge on any atom is -0.395 e. The molecule has 0 aromatic rings. The van der Waals surface area contributed by atoms with Gasteiger partial charge in [0.1, 0.15) is 11.9 Å². The van der Waals surface area contributed by atoms with E-state index in [1.807, 2.05) is 39.8 Å². The second kappa shape index (κ2) is 8.95. The molecule has 2 aliphatic carbocycles. The second-order valence-corrected chi connectivity index (χ2v) is 8.87. The molecule has 0 saturated heterocycles. The highest BCUT2D eigenvalue weighted by atomic mass is 16.5. The summed E-state index contributed by atoms with van der Waals surface area (Å²) in [5.41, 5.74) is -0.126. The molecule has 5 heteroatoms. The zero-order chi connectivity index (χ0) is 21.9. The molecule has 0 aromatic carbocycles. The van der Waals surface area contributed by atoms with Crippen molar-refractivity contribution in [3.05, 3.63) is 35.5 Å². The van der Waals surface area contributed by atoms with Gasteiger partial charge in [-0.1, -0.05) is 32.6 Å². The number of aliphatic hydroxyl groups excluding tert-OH is 1. The van der Waals surface area contributed by atoms with E-state index in [0.29, 0.717) is 32.5 Å². The number of nitrogens with zero attached hydrogens (tertiary/aromatic N) is 1. The van der Waals surface area contributed by atoms with Crippen LogP contribution in [0.5, 0.6) is 0 Å². The topological polar surface area (TPSA) is 79.5 Å².